The van der Waals surface area contributed by atoms with E-state index in [0.29, 0.717) is 26.1 Å². The van der Waals surface area contributed by atoms with Gasteiger partial charge in [-0.1, -0.05) is 18.2 Å². The zero-order valence-electron chi connectivity index (χ0n) is 13.8. The number of nitrogens with two attached hydrogens (primary N) is 1. The molecule has 0 spiro atoms. The monoisotopic (exact) mass is 362 g/mol. The summed E-state index contributed by atoms with van der Waals surface area (Å²) in [7, 11) is -3.65. The number of aromatic nitrogens is 1. The van der Waals surface area contributed by atoms with Crippen molar-refractivity contribution in [2.45, 2.75) is 24.3 Å². The normalized spacial score (nSPS) is 11.2. The lowest BCUT2D eigenvalue weighted by molar-refractivity contribution is -0.121. The number of pyridine rings is 1. The van der Waals surface area contributed by atoms with Crippen LogP contribution >= 0.6 is 0 Å². The lowest BCUT2D eigenvalue weighted by atomic mass is 10.1. The Kier molecular flexibility index (Phi) is 7.05. The van der Waals surface area contributed by atoms with Gasteiger partial charge in [0.05, 0.1) is 4.90 Å². The summed E-state index contributed by atoms with van der Waals surface area (Å²) >= 11 is 0. The van der Waals surface area contributed by atoms with E-state index in [1.165, 1.54) is 12.1 Å². The van der Waals surface area contributed by atoms with E-state index in [1.807, 2.05) is 12.1 Å². The van der Waals surface area contributed by atoms with Crippen molar-refractivity contribution in [1.82, 2.24) is 15.6 Å². The van der Waals surface area contributed by atoms with E-state index in [0.717, 1.165) is 17.5 Å². The maximum atomic E-state index is 11.7. The highest BCUT2D eigenvalue weighted by Gasteiger charge is 2.06. The van der Waals surface area contributed by atoms with Gasteiger partial charge in [0.1, 0.15) is 0 Å². The van der Waals surface area contributed by atoms with Crippen LogP contribution in [0, 0.1) is 0 Å². The number of nitrogens with zero attached hydrogens (tertiary/aromatic N) is 1. The molecule has 7 nitrogen and oxygen atoms in total. The fraction of sp³-hybridized carbons (Fsp3) is 0.294. The second-order valence-corrected chi connectivity index (χ2v) is 7.14. The summed E-state index contributed by atoms with van der Waals surface area (Å²) < 4.78 is 22.4. The smallest absolute Gasteiger partial charge is 0.238 e. The highest BCUT2D eigenvalue weighted by atomic mass is 32.2. The molecule has 1 heterocycles. The molecule has 2 aromatic rings. The standard InChI is InChI=1S/C17H22N4O3S/c18-25(23,24)16-5-3-14(4-6-16)7-10-19-11-8-17(22)21-13-15-2-1-9-20-12-15/h1-6,9,12,19H,7-8,10-11,13H2,(H,21,22)(H2,18,23,24). The van der Waals surface area contributed by atoms with Gasteiger partial charge < -0.3 is 10.6 Å². The van der Waals surface area contributed by atoms with Crippen LogP contribution in [0.4, 0.5) is 0 Å². The molecule has 0 aliphatic carbocycles. The predicted molar refractivity (Wildman–Crippen MR) is 95.1 cm³/mol. The van der Waals surface area contributed by atoms with E-state index in [2.05, 4.69) is 15.6 Å². The van der Waals surface area contributed by atoms with E-state index < -0.39 is 10.0 Å². The molecule has 0 bridgehead atoms. The third-order valence-corrected chi connectivity index (χ3v) is 4.51. The number of sulfonamides is 1. The van der Waals surface area contributed by atoms with Gasteiger partial charge in [-0.25, -0.2) is 13.6 Å². The number of rotatable bonds is 9. The lowest BCUT2D eigenvalue weighted by Crippen LogP contribution is -2.28. The van der Waals surface area contributed by atoms with Gasteiger partial charge in [-0.15, -0.1) is 0 Å². The van der Waals surface area contributed by atoms with Crippen LogP contribution in [0.1, 0.15) is 17.5 Å². The van der Waals surface area contributed by atoms with Crippen molar-refractivity contribution in [3.63, 3.8) is 0 Å². The minimum atomic E-state index is -3.65. The average Bonchev–Trinajstić information content (AvgIpc) is 2.60. The van der Waals surface area contributed by atoms with Crippen molar-refractivity contribution in [2.75, 3.05) is 13.1 Å². The summed E-state index contributed by atoms with van der Waals surface area (Å²) in [5.74, 6) is -0.0196. The maximum Gasteiger partial charge on any atom is 0.238 e. The first-order valence-corrected chi connectivity index (χ1v) is 9.48. The van der Waals surface area contributed by atoms with Crippen LogP contribution < -0.4 is 15.8 Å². The second kappa shape index (κ2) is 9.26. The number of carbonyl (C=O) groups excluding carboxylic acids is 1. The van der Waals surface area contributed by atoms with Crippen molar-refractivity contribution in [2.24, 2.45) is 5.14 Å². The Labute approximate surface area is 147 Å². The Hall–Kier alpha value is -2.29. The van der Waals surface area contributed by atoms with Gasteiger partial charge in [-0.05, 0) is 42.3 Å². The molecule has 2 rings (SSSR count). The van der Waals surface area contributed by atoms with Gasteiger partial charge in [0.15, 0.2) is 0 Å². The average molecular weight is 362 g/mol. The number of carbonyl (C=O) groups is 1. The zero-order valence-corrected chi connectivity index (χ0v) is 14.6. The molecule has 25 heavy (non-hydrogen) atoms. The largest absolute Gasteiger partial charge is 0.352 e. The summed E-state index contributed by atoms with van der Waals surface area (Å²) in [6.07, 6.45) is 4.55. The van der Waals surface area contributed by atoms with E-state index >= 15 is 0 Å². The number of amides is 1. The minimum absolute atomic E-state index is 0.0196. The van der Waals surface area contributed by atoms with Gasteiger partial charge in [0.2, 0.25) is 15.9 Å². The first kappa shape index (κ1) is 19.0. The Morgan fingerprint density at radius 1 is 1.08 bits per heavy atom. The second-order valence-electron chi connectivity index (χ2n) is 5.58. The summed E-state index contributed by atoms with van der Waals surface area (Å²) in [6.45, 7) is 1.75. The highest BCUT2D eigenvalue weighted by Crippen LogP contribution is 2.08. The topological polar surface area (TPSA) is 114 Å². The molecular formula is C17H22N4O3S. The molecule has 0 aliphatic heterocycles. The molecule has 0 saturated carbocycles. The summed E-state index contributed by atoms with van der Waals surface area (Å²) in [6, 6.07) is 10.2. The summed E-state index contributed by atoms with van der Waals surface area (Å²) in [4.78, 5) is 15.8. The van der Waals surface area contributed by atoms with E-state index in [9.17, 15) is 13.2 Å². The molecule has 0 radical (unpaired) electrons. The van der Waals surface area contributed by atoms with Gasteiger partial charge in [-0.2, -0.15) is 0 Å². The Morgan fingerprint density at radius 2 is 1.84 bits per heavy atom. The Balaban J connectivity index is 1.60. The van der Waals surface area contributed by atoms with Crippen molar-refractivity contribution in [1.29, 1.82) is 0 Å². The number of benzene rings is 1. The van der Waals surface area contributed by atoms with Crippen LogP contribution in [-0.2, 0) is 27.8 Å². The quantitative estimate of drug-likeness (QED) is 0.564. The third kappa shape index (κ3) is 7.00. The fourth-order valence-electron chi connectivity index (χ4n) is 2.20. The molecule has 0 saturated heterocycles. The Morgan fingerprint density at radius 3 is 2.48 bits per heavy atom. The molecule has 0 aliphatic rings. The van der Waals surface area contributed by atoms with Gasteiger partial charge in [0, 0.05) is 31.9 Å². The number of primary sulfonamides is 1. The van der Waals surface area contributed by atoms with Crippen LogP contribution in [0.5, 0.6) is 0 Å². The van der Waals surface area contributed by atoms with Crippen molar-refractivity contribution in [3.05, 3.63) is 59.9 Å². The molecule has 134 valence electrons. The molecular weight excluding hydrogens is 340 g/mol. The first-order chi connectivity index (χ1) is 11.9. The minimum Gasteiger partial charge on any atom is -0.352 e. The lowest BCUT2D eigenvalue weighted by Gasteiger charge is -2.07. The van der Waals surface area contributed by atoms with Crippen molar-refractivity contribution in [3.8, 4) is 0 Å². The van der Waals surface area contributed by atoms with E-state index in [4.69, 9.17) is 5.14 Å². The SMILES string of the molecule is NS(=O)(=O)c1ccc(CCNCCC(=O)NCc2cccnc2)cc1. The van der Waals surface area contributed by atoms with Crippen LogP contribution in [0.25, 0.3) is 0 Å². The highest BCUT2D eigenvalue weighted by molar-refractivity contribution is 7.89. The van der Waals surface area contributed by atoms with E-state index in [1.54, 1.807) is 24.5 Å². The molecule has 0 unspecified atom stereocenters. The molecule has 0 fully saturated rings. The van der Waals surface area contributed by atoms with Crippen LogP contribution in [0.15, 0.2) is 53.7 Å². The van der Waals surface area contributed by atoms with Crippen LogP contribution in [0.2, 0.25) is 0 Å². The van der Waals surface area contributed by atoms with Crippen molar-refractivity contribution < 1.29 is 13.2 Å². The molecule has 4 N–H and O–H groups in total. The first-order valence-electron chi connectivity index (χ1n) is 7.93. The number of hydrogen-bond donors (Lipinski definition) is 3. The zero-order chi connectivity index (χ0) is 18.1. The molecule has 1 amide bonds. The molecule has 0 atom stereocenters. The van der Waals surface area contributed by atoms with Crippen LogP contribution in [-0.4, -0.2) is 32.4 Å². The maximum absolute atomic E-state index is 11.7. The summed E-state index contributed by atoms with van der Waals surface area (Å²) in [5.41, 5.74) is 1.97. The predicted octanol–water partition coefficient (Wildman–Crippen LogP) is 0.568. The molecule has 1 aromatic heterocycles. The summed E-state index contributed by atoms with van der Waals surface area (Å²) in [5, 5.41) is 11.1. The number of nitrogens with one attached hydrogen (secondary N) is 2. The van der Waals surface area contributed by atoms with Gasteiger partial charge in [-0.3, -0.25) is 9.78 Å². The van der Waals surface area contributed by atoms with Gasteiger partial charge in [0.25, 0.3) is 0 Å². The number of hydrogen-bond acceptors (Lipinski definition) is 5. The Bertz CT molecular complexity index is 777. The van der Waals surface area contributed by atoms with Crippen LogP contribution in [0.3, 0.4) is 0 Å². The van der Waals surface area contributed by atoms with Gasteiger partial charge >= 0.3 is 0 Å². The molecule has 8 heteroatoms. The molecule has 1 aromatic carbocycles. The fourth-order valence-corrected chi connectivity index (χ4v) is 2.71. The van der Waals surface area contributed by atoms with Crippen molar-refractivity contribution >= 4 is 15.9 Å². The van der Waals surface area contributed by atoms with E-state index in [-0.39, 0.29) is 10.8 Å². The third-order valence-electron chi connectivity index (χ3n) is 3.58.